The Morgan fingerprint density at radius 2 is 1.75 bits per heavy atom. The Kier molecular flexibility index (Phi) is 7.59. The van der Waals surface area contributed by atoms with E-state index in [9.17, 15) is 9.59 Å². The lowest BCUT2D eigenvalue weighted by Crippen LogP contribution is -2.33. The molecule has 1 N–H and O–H groups in total. The lowest BCUT2D eigenvalue weighted by Gasteiger charge is -2.31. The standard InChI is InChI=1S/C27H35N3O2/c1-29(24-13-6-3-7-14-24)19-22-12-8-9-15-25(22)28-27(32)23-18-26(31)30(20-23)17-16-21-10-4-2-5-11-21/h2,4-5,8-12,15,23-24H,3,6-7,13-14,16-20H2,1H3,(H,28,32). The van der Waals surface area contributed by atoms with Gasteiger partial charge in [0, 0.05) is 37.8 Å². The molecular formula is C27H35N3O2. The summed E-state index contributed by atoms with van der Waals surface area (Å²) in [6.07, 6.45) is 7.59. The highest BCUT2D eigenvalue weighted by molar-refractivity contribution is 5.97. The van der Waals surface area contributed by atoms with E-state index in [4.69, 9.17) is 0 Å². The molecule has 1 aliphatic heterocycles. The van der Waals surface area contributed by atoms with Crippen LogP contribution in [-0.4, -0.2) is 47.8 Å². The van der Waals surface area contributed by atoms with E-state index in [0.717, 1.165) is 24.2 Å². The maximum atomic E-state index is 13.0. The van der Waals surface area contributed by atoms with Crippen LogP contribution in [-0.2, 0) is 22.6 Å². The van der Waals surface area contributed by atoms with Crippen molar-refractivity contribution >= 4 is 17.5 Å². The number of benzene rings is 2. The summed E-state index contributed by atoms with van der Waals surface area (Å²) in [5, 5.41) is 3.13. The minimum absolute atomic E-state index is 0.0478. The van der Waals surface area contributed by atoms with E-state index in [1.54, 1.807) is 0 Å². The van der Waals surface area contributed by atoms with E-state index in [1.807, 2.05) is 41.3 Å². The molecule has 5 nitrogen and oxygen atoms in total. The number of rotatable bonds is 8. The number of nitrogens with one attached hydrogen (secondary N) is 1. The summed E-state index contributed by atoms with van der Waals surface area (Å²) in [7, 11) is 2.19. The normalized spacial score (nSPS) is 19.5. The van der Waals surface area contributed by atoms with Crippen molar-refractivity contribution < 1.29 is 9.59 Å². The molecular weight excluding hydrogens is 398 g/mol. The summed E-state index contributed by atoms with van der Waals surface area (Å²) in [6.45, 7) is 1.99. The lowest BCUT2D eigenvalue weighted by molar-refractivity contribution is -0.128. The minimum atomic E-state index is -0.289. The molecule has 1 aliphatic carbocycles. The van der Waals surface area contributed by atoms with Crippen molar-refractivity contribution in [3.63, 3.8) is 0 Å². The number of likely N-dealkylation sites (tertiary alicyclic amines) is 1. The van der Waals surface area contributed by atoms with Gasteiger partial charge in [0.25, 0.3) is 0 Å². The summed E-state index contributed by atoms with van der Waals surface area (Å²) in [6, 6.07) is 18.9. The van der Waals surface area contributed by atoms with Crippen LogP contribution in [0.4, 0.5) is 5.69 Å². The van der Waals surface area contributed by atoms with Gasteiger partial charge in [0.1, 0.15) is 0 Å². The molecule has 2 aromatic rings. The fourth-order valence-corrected chi connectivity index (χ4v) is 5.01. The monoisotopic (exact) mass is 433 g/mol. The van der Waals surface area contributed by atoms with Gasteiger partial charge >= 0.3 is 0 Å². The number of hydrogen-bond donors (Lipinski definition) is 1. The van der Waals surface area contributed by atoms with Crippen molar-refractivity contribution in [3.8, 4) is 0 Å². The third kappa shape index (κ3) is 5.77. The van der Waals surface area contributed by atoms with Gasteiger partial charge in [0.2, 0.25) is 11.8 Å². The number of para-hydroxylation sites is 1. The fourth-order valence-electron chi connectivity index (χ4n) is 5.01. The Morgan fingerprint density at radius 1 is 1.03 bits per heavy atom. The quantitative estimate of drug-likeness (QED) is 0.668. The molecule has 5 heteroatoms. The van der Waals surface area contributed by atoms with Gasteiger partial charge in [-0.15, -0.1) is 0 Å². The molecule has 2 amide bonds. The molecule has 32 heavy (non-hydrogen) atoms. The predicted molar refractivity (Wildman–Crippen MR) is 128 cm³/mol. The summed E-state index contributed by atoms with van der Waals surface area (Å²) >= 11 is 0. The smallest absolute Gasteiger partial charge is 0.229 e. The molecule has 0 spiro atoms. The summed E-state index contributed by atoms with van der Waals surface area (Å²) in [4.78, 5) is 29.8. The van der Waals surface area contributed by atoms with E-state index >= 15 is 0 Å². The Bertz CT molecular complexity index is 908. The molecule has 0 bridgehead atoms. The highest BCUT2D eigenvalue weighted by atomic mass is 16.2. The van der Waals surface area contributed by atoms with Crippen molar-refractivity contribution in [2.75, 3.05) is 25.5 Å². The summed E-state index contributed by atoms with van der Waals surface area (Å²) < 4.78 is 0. The van der Waals surface area contributed by atoms with Gasteiger partial charge in [-0.2, -0.15) is 0 Å². The van der Waals surface area contributed by atoms with Crippen LogP contribution in [0.1, 0.15) is 49.7 Å². The van der Waals surface area contributed by atoms with Gasteiger partial charge in [0.15, 0.2) is 0 Å². The van der Waals surface area contributed by atoms with Gasteiger partial charge in [-0.1, -0.05) is 67.8 Å². The molecule has 1 heterocycles. The van der Waals surface area contributed by atoms with Crippen molar-refractivity contribution in [1.82, 2.24) is 9.80 Å². The van der Waals surface area contributed by atoms with E-state index in [2.05, 4.69) is 35.5 Å². The highest BCUT2D eigenvalue weighted by Gasteiger charge is 2.34. The van der Waals surface area contributed by atoms with Crippen LogP contribution in [0.5, 0.6) is 0 Å². The fraction of sp³-hybridized carbons (Fsp3) is 0.481. The largest absolute Gasteiger partial charge is 0.342 e. The number of anilines is 1. The maximum Gasteiger partial charge on any atom is 0.229 e. The van der Waals surface area contributed by atoms with Crippen molar-refractivity contribution in [2.45, 2.75) is 57.5 Å². The van der Waals surface area contributed by atoms with Crippen molar-refractivity contribution in [3.05, 3.63) is 65.7 Å². The van der Waals surface area contributed by atoms with Crippen molar-refractivity contribution in [2.24, 2.45) is 5.92 Å². The van der Waals surface area contributed by atoms with Crippen LogP contribution in [0.2, 0.25) is 0 Å². The second-order valence-corrected chi connectivity index (χ2v) is 9.33. The maximum absolute atomic E-state index is 13.0. The molecule has 0 radical (unpaired) electrons. The highest BCUT2D eigenvalue weighted by Crippen LogP contribution is 2.26. The molecule has 2 aliphatic rings. The van der Waals surface area contributed by atoms with Crippen LogP contribution in [0.25, 0.3) is 0 Å². The number of carbonyl (C=O) groups is 2. The molecule has 2 aromatic carbocycles. The van der Waals surface area contributed by atoms with E-state index in [0.29, 0.717) is 25.6 Å². The van der Waals surface area contributed by atoms with Gasteiger partial charge < -0.3 is 10.2 Å². The average molecular weight is 434 g/mol. The second-order valence-electron chi connectivity index (χ2n) is 9.33. The zero-order valence-corrected chi connectivity index (χ0v) is 19.1. The van der Waals surface area contributed by atoms with Gasteiger partial charge in [-0.25, -0.2) is 0 Å². The van der Waals surface area contributed by atoms with E-state index in [1.165, 1.54) is 37.7 Å². The molecule has 170 valence electrons. The number of hydrogen-bond acceptors (Lipinski definition) is 3. The average Bonchev–Trinajstić information content (AvgIpc) is 3.21. The van der Waals surface area contributed by atoms with Gasteiger partial charge in [0.05, 0.1) is 5.92 Å². The van der Waals surface area contributed by atoms with Gasteiger partial charge in [-0.05, 0) is 43.5 Å². The van der Waals surface area contributed by atoms with E-state index in [-0.39, 0.29) is 17.7 Å². The molecule has 4 rings (SSSR count). The van der Waals surface area contributed by atoms with Crippen molar-refractivity contribution in [1.29, 1.82) is 0 Å². The molecule has 1 saturated heterocycles. The first-order valence-electron chi connectivity index (χ1n) is 12.0. The minimum Gasteiger partial charge on any atom is -0.342 e. The second kappa shape index (κ2) is 10.8. The first-order chi connectivity index (χ1) is 15.6. The first kappa shape index (κ1) is 22.5. The van der Waals surface area contributed by atoms with Crippen LogP contribution in [0.15, 0.2) is 54.6 Å². The number of amides is 2. The Morgan fingerprint density at radius 3 is 2.53 bits per heavy atom. The third-order valence-electron chi connectivity index (χ3n) is 6.99. The molecule has 1 unspecified atom stereocenters. The zero-order valence-electron chi connectivity index (χ0n) is 19.1. The Hall–Kier alpha value is -2.66. The Balaban J connectivity index is 1.33. The molecule has 1 atom stereocenters. The summed E-state index contributed by atoms with van der Waals surface area (Å²) in [5.41, 5.74) is 3.22. The van der Waals surface area contributed by atoms with Gasteiger partial charge in [-0.3, -0.25) is 14.5 Å². The zero-order chi connectivity index (χ0) is 22.3. The SMILES string of the molecule is CN(Cc1ccccc1NC(=O)C1CC(=O)N(CCc2ccccc2)C1)C1CCCCC1. The number of carbonyl (C=O) groups excluding carboxylic acids is 2. The molecule has 2 fully saturated rings. The van der Waals surface area contributed by atoms with Crippen LogP contribution in [0.3, 0.4) is 0 Å². The number of nitrogens with zero attached hydrogens (tertiary/aromatic N) is 2. The van der Waals surface area contributed by atoms with E-state index < -0.39 is 0 Å². The Labute approximate surface area is 191 Å². The van der Waals surface area contributed by atoms with Crippen LogP contribution < -0.4 is 5.32 Å². The topological polar surface area (TPSA) is 52.7 Å². The predicted octanol–water partition coefficient (Wildman–Crippen LogP) is 4.48. The third-order valence-corrected chi connectivity index (χ3v) is 6.99. The lowest BCUT2D eigenvalue weighted by atomic mass is 9.94. The molecule has 0 aromatic heterocycles. The van der Waals surface area contributed by atoms with Crippen LogP contribution in [0, 0.1) is 5.92 Å². The van der Waals surface area contributed by atoms with Crippen LogP contribution >= 0.6 is 0 Å². The molecule has 1 saturated carbocycles. The summed E-state index contributed by atoms with van der Waals surface area (Å²) in [5.74, 6) is -0.262. The first-order valence-corrected chi connectivity index (χ1v) is 12.0.